The van der Waals surface area contributed by atoms with Crippen molar-refractivity contribution in [3.05, 3.63) is 29.8 Å². The van der Waals surface area contributed by atoms with Crippen LogP contribution < -0.4 is 10.6 Å². The molecule has 0 unspecified atom stereocenters. The summed E-state index contributed by atoms with van der Waals surface area (Å²) in [5.74, 6) is 0.776. The number of ether oxygens (including phenoxy) is 1. The summed E-state index contributed by atoms with van der Waals surface area (Å²) < 4.78 is 5.07. The Kier molecular flexibility index (Phi) is 4.59. The van der Waals surface area contributed by atoms with Crippen molar-refractivity contribution < 1.29 is 9.53 Å². The molecule has 0 spiro atoms. The summed E-state index contributed by atoms with van der Waals surface area (Å²) in [6.45, 7) is 1.73. The number of rotatable bonds is 7. The molecule has 1 saturated carbocycles. The number of hydrogen-bond donors (Lipinski definition) is 2. The lowest BCUT2D eigenvalue weighted by Gasteiger charge is -2.08. The Bertz CT molecular complexity index is 403. The molecule has 1 aromatic rings. The molecule has 2 rings (SSSR count). The van der Waals surface area contributed by atoms with E-state index in [2.05, 4.69) is 10.6 Å². The van der Waals surface area contributed by atoms with Crippen molar-refractivity contribution >= 4 is 11.6 Å². The van der Waals surface area contributed by atoms with Crippen molar-refractivity contribution in [1.29, 1.82) is 0 Å². The maximum absolute atomic E-state index is 11.6. The van der Waals surface area contributed by atoms with Crippen molar-refractivity contribution in [2.24, 2.45) is 5.92 Å². The molecule has 4 nitrogen and oxygen atoms in total. The van der Waals surface area contributed by atoms with Gasteiger partial charge in [0.25, 0.3) is 0 Å². The molecular formula is C14H20N2O2. The average molecular weight is 248 g/mol. The molecule has 1 fully saturated rings. The van der Waals surface area contributed by atoms with E-state index in [-0.39, 0.29) is 5.91 Å². The van der Waals surface area contributed by atoms with Crippen LogP contribution in [0.1, 0.15) is 18.4 Å². The molecule has 4 heteroatoms. The summed E-state index contributed by atoms with van der Waals surface area (Å²) in [6, 6.07) is 7.91. The second-order valence-electron chi connectivity index (χ2n) is 4.73. The first-order valence-electron chi connectivity index (χ1n) is 6.36. The molecule has 0 saturated heterocycles. The maximum atomic E-state index is 11.6. The quantitative estimate of drug-likeness (QED) is 0.773. The first-order chi connectivity index (χ1) is 8.78. The number of methoxy groups -OCH3 is 1. The summed E-state index contributed by atoms with van der Waals surface area (Å²) in [4.78, 5) is 11.6. The summed E-state index contributed by atoms with van der Waals surface area (Å²) >= 11 is 0. The minimum absolute atomic E-state index is 0.0547. The van der Waals surface area contributed by atoms with Gasteiger partial charge in [-0.3, -0.25) is 4.79 Å². The predicted molar refractivity (Wildman–Crippen MR) is 71.4 cm³/mol. The van der Waals surface area contributed by atoms with E-state index in [9.17, 15) is 4.79 Å². The third kappa shape index (κ3) is 4.37. The number of nitrogens with one attached hydrogen (secondary N) is 2. The van der Waals surface area contributed by atoms with Gasteiger partial charge in [0.2, 0.25) is 5.91 Å². The fourth-order valence-corrected chi connectivity index (χ4v) is 1.76. The van der Waals surface area contributed by atoms with Gasteiger partial charge in [-0.2, -0.15) is 0 Å². The monoisotopic (exact) mass is 248 g/mol. The zero-order valence-corrected chi connectivity index (χ0v) is 10.7. The van der Waals surface area contributed by atoms with Crippen LogP contribution in [-0.2, 0) is 16.1 Å². The van der Waals surface area contributed by atoms with Crippen LogP contribution in [0.2, 0.25) is 0 Å². The Morgan fingerprint density at radius 3 is 3.00 bits per heavy atom. The van der Waals surface area contributed by atoms with Crippen molar-refractivity contribution in [3.8, 4) is 0 Å². The Balaban J connectivity index is 1.73. The van der Waals surface area contributed by atoms with Crippen molar-refractivity contribution in [2.75, 3.05) is 25.5 Å². The summed E-state index contributed by atoms with van der Waals surface area (Å²) in [5.41, 5.74) is 2.05. The molecule has 0 aromatic heterocycles. The van der Waals surface area contributed by atoms with Crippen LogP contribution >= 0.6 is 0 Å². The van der Waals surface area contributed by atoms with Gasteiger partial charge in [-0.15, -0.1) is 0 Å². The minimum atomic E-state index is 0.0547. The number of benzene rings is 1. The number of amides is 1. The lowest BCUT2D eigenvalue weighted by atomic mass is 10.2. The van der Waals surface area contributed by atoms with Crippen molar-refractivity contribution in [2.45, 2.75) is 19.4 Å². The van der Waals surface area contributed by atoms with E-state index >= 15 is 0 Å². The molecule has 98 valence electrons. The number of hydrogen-bond acceptors (Lipinski definition) is 3. The van der Waals surface area contributed by atoms with E-state index in [0.29, 0.717) is 13.2 Å². The van der Waals surface area contributed by atoms with Crippen LogP contribution in [0.5, 0.6) is 0 Å². The Morgan fingerprint density at radius 1 is 1.44 bits per heavy atom. The molecular weight excluding hydrogens is 228 g/mol. The van der Waals surface area contributed by atoms with E-state index in [4.69, 9.17) is 4.74 Å². The number of anilines is 1. The molecule has 1 aliphatic rings. The highest BCUT2D eigenvalue weighted by atomic mass is 16.5. The van der Waals surface area contributed by atoms with Gasteiger partial charge in [0, 0.05) is 19.3 Å². The molecule has 0 heterocycles. The number of carbonyl (C=O) groups is 1. The third-order valence-corrected chi connectivity index (χ3v) is 2.98. The second-order valence-corrected chi connectivity index (χ2v) is 4.73. The first kappa shape index (κ1) is 12.9. The van der Waals surface area contributed by atoms with Gasteiger partial charge in [0.1, 0.15) is 0 Å². The van der Waals surface area contributed by atoms with Crippen LogP contribution in [-0.4, -0.2) is 26.1 Å². The fraction of sp³-hybridized carbons (Fsp3) is 0.500. The smallest absolute Gasteiger partial charge is 0.239 e. The number of carbonyl (C=O) groups excluding carboxylic acids is 1. The van der Waals surface area contributed by atoms with Crippen LogP contribution in [0.4, 0.5) is 5.69 Å². The molecule has 2 N–H and O–H groups in total. The van der Waals surface area contributed by atoms with Gasteiger partial charge in [-0.25, -0.2) is 0 Å². The average Bonchev–Trinajstić information content (AvgIpc) is 3.19. The van der Waals surface area contributed by atoms with Gasteiger partial charge in [0.05, 0.1) is 13.2 Å². The molecule has 0 aliphatic heterocycles. The Labute approximate surface area is 108 Å². The lowest BCUT2D eigenvalue weighted by Crippen LogP contribution is -2.31. The van der Waals surface area contributed by atoms with Crippen LogP contribution in [0.15, 0.2) is 24.3 Å². The lowest BCUT2D eigenvalue weighted by molar-refractivity contribution is -0.119. The van der Waals surface area contributed by atoms with E-state index in [1.807, 2.05) is 24.3 Å². The zero-order chi connectivity index (χ0) is 12.8. The van der Waals surface area contributed by atoms with Crippen molar-refractivity contribution in [3.63, 3.8) is 0 Å². The molecule has 18 heavy (non-hydrogen) atoms. The first-order valence-corrected chi connectivity index (χ1v) is 6.36. The summed E-state index contributed by atoms with van der Waals surface area (Å²) in [7, 11) is 1.67. The maximum Gasteiger partial charge on any atom is 0.239 e. The van der Waals surface area contributed by atoms with Crippen LogP contribution in [0.25, 0.3) is 0 Å². The third-order valence-electron chi connectivity index (χ3n) is 2.98. The SMILES string of the molecule is COCc1cccc(NCC(=O)NCC2CC2)c1. The molecule has 1 aromatic carbocycles. The molecule has 1 amide bonds. The normalized spacial score (nSPS) is 14.3. The topological polar surface area (TPSA) is 50.4 Å². The standard InChI is InChI=1S/C14H20N2O2/c1-18-10-12-3-2-4-13(7-12)15-9-14(17)16-8-11-5-6-11/h2-4,7,11,15H,5-6,8-10H2,1H3,(H,16,17). The highest BCUT2D eigenvalue weighted by Crippen LogP contribution is 2.27. The van der Waals surface area contributed by atoms with E-state index in [1.54, 1.807) is 7.11 Å². The Morgan fingerprint density at radius 2 is 2.28 bits per heavy atom. The largest absolute Gasteiger partial charge is 0.380 e. The summed E-state index contributed by atoms with van der Waals surface area (Å²) in [6.07, 6.45) is 2.51. The highest BCUT2D eigenvalue weighted by molar-refractivity contribution is 5.80. The molecule has 0 bridgehead atoms. The van der Waals surface area contributed by atoms with Gasteiger partial charge in [0.15, 0.2) is 0 Å². The Hall–Kier alpha value is -1.55. The molecule has 0 atom stereocenters. The van der Waals surface area contributed by atoms with Crippen LogP contribution in [0.3, 0.4) is 0 Å². The highest BCUT2D eigenvalue weighted by Gasteiger charge is 2.21. The molecule has 1 aliphatic carbocycles. The van der Waals surface area contributed by atoms with Gasteiger partial charge >= 0.3 is 0 Å². The predicted octanol–water partition coefficient (Wildman–Crippen LogP) is 1.77. The van der Waals surface area contributed by atoms with E-state index in [1.165, 1.54) is 12.8 Å². The fourth-order valence-electron chi connectivity index (χ4n) is 1.76. The van der Waals surface area contributed by atoms with E-state index in [0.717, 1.165) is 23.7 Å². The van der Waals surface area contributed by atoms with E-state index < -0.39 is 0 Å². The second kappa shape index (κ2) is 6.40. The van der Waals surface area contributed by atoms with Crippen LogP contribution in [0, 0.1) is 5.92 Å². The zero-order valence-electron chi connectivity index (χ0n) is 10.7. The van der Waals surface area contributed by atoms with Crippen molar-refractivity contribution in [1.82, 2.24) is 5.32 Å². The summed E-state index contributed by atoms with van der Waals surface area (Å²) in [5, 5.41) is 6.05. The van der Waals surface area contributed by atoms with Gasteiger partial charge in [-0.1, -0.05) is 12.1 Å². The van der Waals surface area contributed by atoms with Gasteiger partial charge < -0.3 is 15.4 Å². The molecule has 0 radical (unpaired) electrons. The van der Waals surface area contributed by atoms with Gasteiger partial charge in [-0.05, 0) is 36.5 Å². The minimum Gasteiger partial charge on any atom is -0.380 e.